The van der Waals surface area contributed by atoms with Crippen LogP contribution in [0.2, 0.25) is 0 Å². The molecule has 38 nitrogen and oxygen atoms in total. The Morgan fingerprint density at radius 1 is 0.571 bits per heavy atom. The van der Waals surface area contributed by atoms with Gasteiger partial charge in [0.25, 0.3) is 0 Å². The van der Waals surface area contributed by atoms with Gasteiger partial charge in [-0.3, -0.25) is 9.59 Å². The van der Waals surface area contributed by atoms with Gasteiger partial charge >= 0.3 is 5.97 Å². The maximum absolute atomic E-state index is 16.6. The molecule has 1 amide bonds. The smallest absolute Gasteiger partial charge is 0.317 e. The molecule has 5 aliphatic carbocycles. The van der Waals surface area contributed by atoms with E-state index >= 15 is 4.79 Å². The molecule has 681 valence electrons. The Labute approximate surface area is 690 Å². The van der Waals surface area contributed by atoms with Crippen LogP contribution < -0.4 is 5.32 Å². The van der Waals surface area contributed by atoms with Crippen LogP contribution in [0, 0.1) is 68.7 Å². The normalized spacial score (nSPS) is 50.8. The highest BCUT2D eigenvalue weighted by Crippen LogP contribution is 2.76. The first-order valence-electron chi connectivity index (χ1n) is 42.1. The van der Waals surface area contributed by atoms with Gasteiger partial charge in [0.15, 0.2) is 43.8 Å². The number of rotatable bonds is 26. The molecule has 20 N–H and O–H groups in total. The van der Waals surface area contributed by atoms with E-state index in [9.17, 15) is 111 Å². The maximum atomic E-state index is 16.6. The number of fused-ring (bicyclic) bond motifs is 7. The molecule has 0 spiro atoms. The molecule has 45 atom stereocenters. The maximum Gasteiger partial charge on any atom is 0.317 e. The summed E-state index contributed by atoms with van der Waals surface area (Å²) < 4.78 is 87.0. The Kier molecular flexibility index (Phi) is 29.7. The van der Waals surface area contributed by atoms with Gasteiger partial charge in [-0.1, -0.05) is 73.5 Å². The third-order valence-corrected chi connectivity index (χ3v) is 29.7. The van der Waals surface area contributed by atoms with Gasteiger partial charge < -0.3 is 178 Å². The molecule has 119 heavy (non-hydrogen) atoms. The highest BCUT2D eigenvalue weighted by atomic mass is 16.8. The molecule has 1 radical (unpaired) electrons. The van der Waals surface area contributed by atoms with Crippen LogP contribution in [0.25, 0.3) is 0 Å². The van der Waals surface area contributed by atoms with E-state index in [1.807, 2.05) is 27.7 Å². The van der Waals surface area contributed by atoms with E-state index in [-0.39, 0.29) is 55.6 Å². The number of ether oxygens (including phenoxy) is 14. The fraction of sp³-hybridized carbons (Fsp3) is 0.914. The summed E-state index contributed by atoms with van der Waals surface area (Å²) in [6, 6.07) is -1.71. The monoisotopic (exact) mass is 1710 g/mol. The molecule has 11 fully saturated rings. The zero-order chi connectivity index (χ0) is 87.2. The van der Waals surface area contributed by atoms with Crippen LogP contribution in [0.15, 0.2) is 11.6 Å². The Balaban J connectivity index is 0.862. The third kappa shape index (κ3) is 17.9. The number of Topliss-reactive ketones (excluding diaryl/α,β-unsaturated/α-hetero) is 1. The number of nitrogens with one attached hydrogen (secondary N) is 1. The van der Waals surface area contributed by atoms with Gasteiger partial charge in [0.05, 0.1) is 74.8 Å². The largest absolute Gasteiger partial charge is 0.432 e. The summed E-state index contributed by atoms with van der Waals surface area (Å²) in [4.78, 5) is 58.0. The number of aliphatic hydroxyl groups is 19. The van der Waals surface area contributed by atoms with Crippen molar-refractivity contribution in [2.45, 2.75) is 375 Å². The Morgan fingerprint density at radius 3 is 1.71 bits per heavy atom. The number of aldehydes is 1. The van der Waals surface area contributed by atoms with Gasteiger partial charge in [-0.2, -0.15) is 0 Å². The summed E-state index contributed by atoms with van der Waals surface area (Å²) in [5.41, 5.74) is -5.16. The topological polar surface area (TPSA) is 594 Å². The first-order chi connectivity index (χ1) is 55.9. The predicted molar refractivity (Wildman–Crippen MR) is 400 cm³/mol. The van der Waals surface area contributed by atoms with Gasteiger partial charge in [0, 0.05) is 6.42 Å². The Hall–Kier alpha value is -3.26. The van der Waals surface area contributed by atoms with Crippen LogP contribution in [-0.2, 0) is 85.5 Å². The first kappa shape index (κ1) is 94.9. The minimum absolute atomic E-state index is 0.00613. The lowest BCUT2D eigenvalue weighted by Crippen LogP contribution is -2.71. The number of aliphatic hydroxyl groups excluding tert-OH is 19. The highest BCUT2D eigenvalue weighted by Gasteiger charge is 2.73. The summed E-state index contributed by atoms with van der Waals surface area (Å²) in [5.74, 6) is -3.96. The van der Waals surface area contributed by atoms with E-state index in [0.717, 1.165) is 18.5 Å². The molecule has 7 saturated heterocycles. The number of carbonyl (C=O) groups is 4. The lowest BCUT2D eigenvalue weighted by molar-refractivity contribution is -0.384. The van der Waals surface area contributed by atoms with Gasteiger partial charge in [0.1, 0.15) is 152 Å². The molecule has 17 unspecified atom stereocenters. The fourth-order valence-electron chi connectivity index (χ4n) is 22.2. The average molecular weight is 1710 g/mol. The van der Waals surface area contributed by atoms with Gasteiger partial charge in [-0.05, 0) is 136 Å². The molecule has 0 aromatic rings. The molecule has 0 aromatic heterocycles. The third-order valence-electron chi connectivity index (χ3n) is 29.7. The molecule has 0 aromatic carbocycles. The quantitative estimate of drug-likeness (QED) is 0.0168. The summed E-state index contributed by atoms with van der Waals surface area (Å²) in [6.45, 7) is 18.3. The summed E-state index contributed by atoms with van der Waals surface area (Å²) in [7, 11) is 0. The van der Waals surface area contributed by atoms with Crippen molar-refractivity contribution in [2.24, 2.45) is 62.1 Å². The van der Waals surface area contributed by atoms with Crippen molar-refractivity contribution in [3.05, 3.63) is 18.3 Å². The number of amides is 1. The number of esters is 1. The number of ketones is 1. The summed E-state index contributed by atoms with van der Waals surface area (Å²) in [6.07, 6.45) is -53.9. The molecule has 12 aliphatic rings. The van der Waals surface area contributed by atoms with Crippen molar-refractivity contribution in [3.63, 3.8) is 0 Å². The van der Waals surface area contributed by atoms with Crippen LogP contribution in [0.4, 0.5) is 0 Å². The van der Waals surface area contributed by atoms with Crippen LogP contribution in [0.1, 0.15) is 160 Å². The first-order valence-corrected chi connectivity index (χ1v) is 42.1. The van der Waals surface area contributed by atoms with Crippen molar-refractivity contribution < 1.29 is 183 Å². The van der Waals surface area contributed by atoms with Crippen molar-refractivity contribution >= 4 is 23.9 Å². The van der Waals surface area contributed by atoms with E-state index in [4.69, 9.17) is 66.3 Å². The van der Waals surface area contributed by atoms with Crippen LogP contribution in [0.3, 0.4) is 0 Å². The van der Waals surface area contributed by atoms with Crippen molar-refractivity contribution in [2.75, 3.05) is 26.4 Å². The molecule has 12 rings (SSSR count). The zero-order valence-corrected chi connectivity index (χ0v) is 69.2. The molecular weight excluding hydrogens is 1580 g/mol. The van der Waals surface area contributed by atoms with Crippen LogP contribution in [0.5, 0.6) is 0 Å². The number of allylic oxidation sites excluding steroid dienone is 2. The van der Waals surface area contributed by atoms with Crippen LogP contribution in [-0.4, -0.2) is 362 Å². The van der Waals surface area contributed by atoms with E-state index in [1.165, 1.54) is 20.8 Å². The molecular formula is C81H130NO37. The summed E-state index contributed by atoms with van der Waals surface area (Å²) in [5, 5.41) is 216. The molecule has 7 heterocycles. The highest BCUT2D eigenvalue weighted by molar-refractivity contribution is 5.80. The molecule has 4 saturated carbocycles. The lowest BCUT2D eigenvalue weighted by Gasteiger charge is -2.71. The second kappa shape index (κ2) is 37.2. The van der Waals surface area contributed by atoms with Crippen molar-refractivity contribution in [1.82, 2.24) is 5.32 Å². The predicted octanol–water partition coefficient (Wildman–Crippen LogP) is -4.37. The van der Waals surface area contributed by atoms with Gasteiger partial charge in [-0.25, -0.2) is 0 Å². The van der Waals surface area contributed by atoms with E-state index in [2.05, 4.69) is 32.2 Å². The second-order valence-electron chi connectivity index (χ2n) is 37.7. The molecule has 7 aliphatic heterocycles. The van der Waals surface area contributed by atoms with Crippen molar-refractivity contribution in [1.29, 1.82) is 0 Å². The summed E-state index contributed by atoms with van der Waals surface area (Å²) >= 11 is 0. The number of carbonyl (C=O) groups excluding carboxylic acids is 4. The number of hydrogen-bond acceptors (Lipinski definition) is 37. The van der Waals surface area contributed by atoms with Gasteiger partial charge in [-0.15, -0.1) is 0 Å². The minimum atomic E-state index is -2.18. The molecule has 38 heteroatoms. The zero-order valence-electron chi connectivity index (χ0n) is 69.2. The van der Waals surface area contributed by atoms with Gasteiger partial charge in [0.2, 0.25) is 12.2 Å². The Morgan fingerprint density at radius 2 is 1.12 bits per heavy atom. The second-order valence-corrected chi connectivity index (χ2v) is 37.7. The van der Waals surface area contributed by atoms with E-state index in [0.29, 0.717) is 44.9 Å². The standard InChI is InChI=1S/C81H130NO37/c1-12-32(2)36(21-33(3)86)22-37(87)23-49(92)82-50-43(26-83)111-74(67(65(50)116-70-60(102)55(97)51(93)34(4)109-70)118-71-62(104)57(99)63(35(5)110-71)114-68-58(100)52(94)40(88)28-106-68)119-75(105)81-20-19-76(6,7)24-39(81)38-13-14-46-77(8)17-16-48(78(9,31-85)45(77)15-18-79(46,10)80(38,11)25-47(81)91)113-73-66(117-72-61(103)56(98)54(96)44(27-84)112-72)64(42(90)30-108-73)115-69-59(101)53(95)41(89)29-107-69/h13,30-32,34-37,39-48,50-74,83-84,87-91,93-104H,12,14-29H2,1-11H3,(H,82,92)/t32-,34?,35?,36+,37+,39?,40-,41+,42+,43?,44?,45-,46?,47?,48+,50-,51+,52?,53+,54+,55-,56+,57?,58-,59?,60?,61?,62+,63-,64+,65?,66?,67-,68-,69+,70+,71-,72+,73+,74-,77?,78-,79?,80?,81-/m1/s1. The van der Waals surface area contributed by atoms with Crippen LogP contribution >= 0.6 is 0 Å². The number of hydrogen-bond donors (Lipinski definition) is 20. The van der Waals surface area contributed by atoms with E-state index in [1.54, 1.807) is 6.92 Å². The van der Waals surface area contributed by atoms with Crippen molar-refractivity contribution in [3.8, 4) is 0 Å². The average Bonchev–Trinajstić information content (AvgIpc) is 0.669. The Bertz CT molecular complexity index is 3480. The minimum Gasteiger partial charge on any atom is -0.432 e. The lowest BCUT2D eigenvalue weighted by atomic mass is 9.33. The SMILES string of the molecule is CC[C@@H](C)[C@@H](CC(C)=O)C[C@H](O)CC(=O)N[C@@H]1C(CO)O[C@H](OC(=O)[C@]23CCC(C)(C)CC2C2=CCC4C5(C)CC[C@H](O[C@@H]6O[CH][C@H](O)[C@H](O[C@@H]7OC[C@H](O)[C@H](O)C7O)C6O[C@@H]6OC(CO)[C@H](O)[C@H](O)C6O)[C@](C)(C=O)[C@@H]5CCC4(C)C2(C)CC3O)[C@H](O[C@H]2OC(C)[C@@H](O[C@H]3OC[C@@H](O)C(O)[C@H]3O)C(O)[C@@H]2O)C1O[C@@H]1OC(C)[C@H](O)[C@@H](O)C1O. The fourth-order valence-corrected chi connectivity index (χ4v) is 22.2. The van der Waals surface area contributed by atoms with E-state index < -0.39 is 304 Å². The molecule has 0 bridgehead atoms.